The van der Waals surface area contributed by atoms with Gasteiger partial charge in [-0.2, -0.15) is 0 Å². The van der Waals surface area contributed by atoms with Crippen LogP contribution in [0.4, 0.5) is 5.69 Å². The fraction of sp³-hybridized carbons (Fsp3) is 0.583. The molecule has 0 spiro atoms. The fourth-order valence-corrected chi connectivity index (χ4v) is 3.90. The van der Waals surface area contributed by atoms with Crippen molar-refractivity contribution in [2.24, 2.45) is 0 Å². The monoisotopic (exact) mass is 474 g/mol. The zero-order valence-corrected chi connectivity index (χ0v) is 19.6. The molecule has 0 aliphatic carbocycles. The Balaban J connectivity index is 1.48. The summed E-state index contributed by atoms with van der Waals surface area (Å²) in [6.07, 6.45) is 3.54. The second-order valence-corrected chi connectivity index (χ2v) is 8.45. The molecule has 2 heterocycles. The van der Waals surface area contributed by atoms with E-state index in [0.717, 1.165) is 32.3 Å². The predicted octanol–water partition coefficient (Wildman–Crippen LogP) is 1.07. The Morgan fingerprint density at radius 1 is 1.24 bits per heavy atom. The SMILES string of the molecule is CCCCOC(=O)CC1C(=O)NCCN1C(=O)CNc1ccc(C(=O)NCC2CCCO2)cc1. The van der Waals surface area contributed by atoms with Crippen molar-refractivity contribution in [3.63, 3.8) is 0 Å². The second-order valence-electron chi connectivity index (χ2n) is 8.45. The van der Waals surface area contributed by atoms with Crippen molar-refractivity contribution in [1.29, 1.82) is 0 Å². The summed E-state index contributed by atoms with van der Waals surface area (Å²) < 4.78 is 10.7. The summed E-state index contributed by atoms with van der Waals surface area (Å²) in [5.41, 5.74) is 1.19. The van der Waals surface area contributed by atoms with Crippen LogP contribution in [0.2, 0.25) is 0 Å². The number of piperazine rings is 1. The Labute approximate surface area is 199 Å². The van der Waals surface area contributed by atoms with Gasteiger partial charge in [0.1, 0.15) is 6.04 Å². The van der Waals surface area contributed by atoms with Crippen LogP contribution in [0.3, 0.4) is 0 Å². The molecule has 10 heteroatoms. The molecule has 3 amide bonds. The van der Waals surface area contributed by atoms with Gasteiger partial charge in [-0.1, -0.05) is 13.3 Å². The highest BCUT2D eigenvalue weighted by atomic mass is 16.5. The number of carbonyl (C=O) groups excluding carboxylic acids is 4. The van der Waals surface area contributed by atoms with Crippen molar-refractivity contribution in [2.75, 3.05) is 44.7 Å². The van der Waals surface area contributed by atoms with E-state index < -0.39 is 12.0 Å². The van der Waals surface area contributed by atoms with Gasteiger partial charge >= 0.3 is 5.97 Å². The minimum atomic E-state index is -0.882. The molecule has 0 radical (unpaired) electrons. The molecule has 10 nitrogen and oxygen atoms in total. The molecule has 2 fully saturated rings. The number of unbranched alkanes of at least 4 members (excludes halogenated alkanes) is 1. The summed E-state index contributed by atoms with van der Waals surface area (Å²) in [7, 11) is 0. The summed E-state index contributed by atoms with van der Waals surface area (Å²) in [6.45, 7) is 4.14. The van der Waals surface area contributed by atoms with Crippen molar-refractivity contribution in [2.45, 2.75) is 51.2 Å². The van der Waals surface area contributed by atoms with Crippen LogP contribution in [0.1, 0.15) is 49.4 Å². The van der Waals surface area contributed by atoms with Crippen LogP contribution in [0.5, 0.6) is 0 Å². The Hall–Kier alpha value is -3.14. The van der Waals surface area contributed by atoms with Crippen LogP contribution in [0.25, 0.3) is 0 Å². The van der Waals surface area contributed by atoms with E-state index in [1.807, 2.05) is 6.92 Å². The summed E-state index contributed by atoms with van der Waals surface area (Å²) in [5, 5.41) is 8.60. The summed E-state index contributed by atoms with van der Waals surface area (Å²) in [6, 6.07) is 5.92. The molecule has 34 heavy (non-hydrogen) atoms. The number of rotatable bonds is 11. The summed E-state index contributed by atoms with van der Waals surface area (Å²) >= 11 is 0. The quantitative estimate of drug-likeness (QED) is 0.323. The normalized spacial score (nSPS) is 19.9. The molecule has 0 bridgehead atoms. The number of esters is 1. The highest BCUT2D eigenvalue weighted by Gasteiger charge is 2.34. The summed E-state index contributed by atoms with van der Waals surface area (Å²) in [4.78, 5) is 50.9. The lowest BCUT2D eigenvalue weighted by Crippen LogP contribution is -2.58. The van der Waals surface area contributed by atoms with Gasteiger partial charge in [0, 0.05) is 37.5 Å². The van der Waals surface area contributed by atoms with Crippen LogP contribution in [-0.4, -0.2) is 80.1 Å². The van der Waals surface area contributed by atoms with E-state index >= 15 is 0 Å². The van der Waals surface area contributed by atoms with Gasteiger partial charge in [0.2, 0.25) is 11.8 Å². The minimum absolute atomic E-state index is 0.0424. The Bertz CT molecular complexity index is 854. The molecule has 2 aliphatic heterocycles. The Kier molecular flexibility index (Phi) is 9.69. The van der Waals surface area contributed by atoms with E-state index in [2.05, 4.69) is 16.0 Å². The second kappa shape index (κ2) is 12.9. The zero-order chi connectivity index (χ0) is 24.3. The molecular weight excluding hydrogens is 440 g/mol. The zero-order valence-electron chi connectivity index (χ0n) is 19.6. The highest BCUT2D eigenvalue weighted by Crippen LogP contribution is 2.14. The van der Waals surface area contributed by atoms with Crippen LogP contribution in [-0.2, 0) is 23.9 Å². The number of amides is 3. The number of hydrogen-bond acceptors (Lipinski definition) is 7. The number of anilines is 1. The van der Waals surface area contributed by atoms with Crippen LogP contribution in [0.15, 0.2) is 24.3 Å². The van der Waals surface area contributed by atoms with Gasteiger partial charge in [0.15, 0.2) is 0 Å². The first-order chi connectivity index (χ1) is 16.5. The van der Waals surface area contributed by atoms with Crippen LogP contribution >= 0.6 is 0 Å². The van der Waals surface area contributed by atoms with E-state index in [1.54, 1.807) is 24.3 Å². The topological polar surface area (TPSA) is 126 Å². The van der Waals surface area contributed by atoms with Gasteiger partial charge in [-0.15, -0.1) is 0 Å². The number of hydrogen-bond donors (Lipinski definition) is 3. The molecule has 2 atom stereocenters. The number of benzene rings is 1. The lowest BCUT2D eigenvalue weighted by Gasteiger charge is -2.34. The molecule has 1 aromatic rings. The van der Waals surface area contributed by atoms with E-state index in [-0.39, 0.29) is 36.8 Å². The first kappa shape index (κ1) is 25.5. The molecular formula is C24H34N4O6. The third-order valence-electron chi connectivity index (χ3n) is 5.88. The third-order valence-corrected chi connectivity index (χ3v) is 5.88. The highest BCUT2D eigenvalue weighted by molar-refractivity contribution is 5.95. The van der Waals surface area contributed by atoms with E-state index in [4.69, 9.17) is 9.47 Å². The van der Waals surface area contributed by atoms with Crippen LogP contribution < -0.4 is 16.0 Å². The first-order valence-electron chi connectivity index (χ1n) is 11.9. The van der Waals surface area contributed by atoms with Crippen molar-refractivity contribution in [3.05, 3.63) is 29.8 Å². The number of carbonyl (C=O) groups is 4. The molecule has 2 saturated heterocycles. The maximum absolute atomic E-state index is 12.8. The molecule has 2 unspecified atom stereocenters. The van der Waals surface area contributed by atoms with Crippen molar-refractivity contribution in [3.8, 4) is 0 Å². The standard InChI is InChI=1S/C24H34N4O6/c1-2-3-12-34-22(30)14-20-24(32)25-10-11-28(20)21(29)16-26-18-8-6-17(7-9-18)23(31)27-15-19-5-4-13-33-19/h6-9,19-20,26H,2-5,10-16H2,1H3,(H,25,32)(H,27,31). The molecule has 3 rings (SSSR count). The maximum Gasteiger partial charge on any atom is 0.308 e. The van der Waals surface area contributed by atoms with Crippen molar-refractivity contribution < 1.29 is 28.7 Å². The number of nitrogens with zero attached hydrogens (tertiary/aromatic N) is 1. The molecule has 3 N–H and O–H groups in total. The van der Waals surface area contributed by atoms with E-state index in [9.17, 15) is 19.2 Å². The van der Waals surface area contributed by atoms with Gasteiger partial charge < -0.3 is 30.3 Å². The van der Waals surface area contributed by atoms with Gasteiger partial charge in [-0.3, -0.25) is 19.2 Å². The Morgan fingerprint density at radius 3 is 2.74 bits per heavy atom. The predicted molar refractivity (Wildman–Crippen MR) is 125 cm³/mol. The smallest absolute Gasteiger partial charge is 0.308 e. The van der Waals surface area contributed by atoms with Crippen molar-refractivity contribution >= 4 is 29.4 Å². The Morgan fingerprint density at radius 2 is 2.03 bits per heavy atom. The third kappa shape index (κ3) is 7.44. The maximum atomic E-state index is 12.8. The molecule has 0 aromatic heterocycles. The molecule has 186 valence electrons. The molecule has 0 saturated carbocycles. The average Bonchev–Trinajstić information content (AvgIpc) is 3.36. The number of ether oxygens (including phenoxy) is 2. The van der Waals surface area contributed by atoms with Crippen molar-refractivity contribution in [1.82, 2.24) is 15.5 Å². The first-order valence-corrected chi connectivity index (χ1v) is 11.9. The van der Waals surface area contributed by atoms with Gasteiger partial charge in [-0.05, 0) is 43.5 Å². The lowest BCUT2D eigenvalue weighted by atomic mass is 10.1. The number of nitrogens with one attached hydrogen (secondary N) is 3. The summed E-state index contributed by atoms with van der Waals surface area (Å²) in [5.74, 6) is -1.31. The minimum Gasteiger partial charge on any atom is -0.466 e. The largest absolute Gasteiger partial charge is 0.466 e. The average molecular weight is 475 g/mol. The van der Waals surface area contributed by atoms with Gasteiger partial charge in [0.25, 0.3) is 5.91 Å². The van der Waals surface area contributed by atoms with Gasteiger partial charge in [-0.25, -0.2) is 0 Å². The van der Waals surface area contributed by atoms with E-state index in [0.29, 0.717) is 37.5 Å². The molecule has 1 aromatic carbocycles. The van der Waals surface area contributed by atoms with E-state index in [1.165, 1.54) is 4.90 Å². The van der Waals surface area contributed by atoms with Gasteiger partial charge in [0.05, 0.1) is 25.7 Å². The lowest BCUT2D eigenvalue weighted by molar-refractivity contribution is -0.151. The fourth-order valence-electron chi connectivity index (χ4n) is 3.90. The van der Waals surface area contributed by atoms with Crippen LogP contribution in [0, 0.1) is 0 Å². The molecule has 2 aliphatic rings.